The first-order chi connectivity index (χ1) is 10.3. The number of hydrogen-bond donors (Lipinski definition) is 0. The fraction of sp³-hybridized carbons (Fsp3) is 0.588. The van der Waals surface area contributed by atoms with E-state index in [-0.39, 0.29) is 5.69 Å². The maximum atomic E-state index is 11.9. The molecule has 0 aliphatic heterocycles. The summed E-state index contributed by atoms with van der Waals surface area (Å²) in [5, 5.41) is 0. The van der Waals surface area contributed by atoms with Gasteiger partial charge in [-0.25, -0.2) is 14.6 Å². The van der Waals surface area contributed by atoms with Gasteiger partial charge in [-0.3, -0.25) is 0 Å². The van der Waals surface area contributed by atoms with Crippen LogP contribution in [0.4, 0.5) is 0 Å². The fourth-order valence-electron chi connectivity index (χ4n) is 1.78. The van der Waals surface area contributed by atoms with Gasteiger partial charge in [0.15, 0.2) is 0 Å². The van der Waals surface area contributed by atoms with Crippen molar-refractivity contribution in [1.82, 2.24) is 4.98 Å². The first-order valence-corrected chi connectivity index (χ1v) is 7.70. The molecule has 1 rings (SSSR count). The van der Waals surface area contributed by atoms with E-state index in [1.807, 2.05) is 0 Å². The molecule has 0 N–H and O–H groups in total. The molecule has 1 aromatic rings. The minimum Gasteiger partial charge on any atom is -0.462 e. The van der Waals surface area contributed by atoms with Gasteiger partial charge in [0.05, 0.1) is 12.2 Å². The number of aromatic nitrogens is 1. The number of nitrogens with zero attached hydrogens (tertiary/aromatic N) is 1. The van der Waals surface area contributed by atoms with E-state index in [1.54, 1.807) is 20.8 Å². The third-order valence-corrected chi connectivity index (χ3v) is 2.83. The smallest absolute Gasteiger partial charge is 0.357 e. The van der Waals surface area contributed by atoms with Gasteiger partial charge >= 0.3 is 11.9 Å². The van der Waals surface area contributed by atoms with Crippen molar-refractivity contribution in [2.24, 2.45) is 0 Å². The quantitative estimate of drug-likeness (QED) is 0.566. The predicted molar refractivity (Wildman–Crippen MR) is 83.8 cm³/mol. The fourth-order valence-corrected chi connectivity index (χ4v) is 1.78. The number of carbonyl (C=O) groups excluding carboxylic acids is 2. The molecule has 0 aliphatic rings. The Kier molecular flexibility index (Phi) is 7.02. The average Bonchev–Trinajstić information content (AvgIpc) is 2.45. The van der Waals surface area contributed by atoms with Crippen LogP contribution in [0.25, 0.3) is 0 Å². The molecule has 1 heterocycles. The third-order valence-electron chi connectivity index (χ3n) is 2.83. The second-order valence-corrected chi connectivity index (χ2v) is 6.13. The van der Waals surface area contributed by atoms with E-state index >= 15 is 0 Å². The lowest BCUT2D eigenvalue weighted by Gasteiger charge is -2.19. The monoisotopic (exact) mass is 307 g/mol. The number of esters is 2. The number of unbranched alkanes of at least 4 members (excludes halogenated alkanes) is 3. The summed E-state index contributed by atoms with van der Waals surface area (Å²) in [5.41, 5.74) is -0.184. The number of rotatable bonds is 7. The van der Waals surface area contributed by atoms with Gasteiger partial charge in [0.2, 0.25) is 0 Å². The number of ether oxygens (including phenoxy) is 2. The Morgan fingerprint density at radius 1 is 1.14 bits per heavy atom. The summed E-state index contributed by atoms with van der Waals surface area (Å²) in [5.74, 6) is -0.992. The van der Waals surface area contributed by atoms with Crippen molar-refractivity contribution in [3.63, 3.8) is 0 Å². The first kappa shape index (κ1) is 18.1. The lowest BCUT2D eigenvalue weighted by Crippen LogP contribution is -2.24. The molecule has 0 atom stereocenters. The van der Waals surface area contributed by atoms with Crippen molar-refractivity contribution >= 4 is 11.9 Å². The zero-order valence-electron chi connectivity index (χ0n) is 13.8. The summed E-state index contributed by atoms with van der Waals surface area (Å²) in [7, 11) is 0. The SMILES string of the molecule is CCCCCCOC(=O)c1ccnc(C(=O)OC(C)(C)C)c1. The maximum Gasteiger partial charge on any atom is 0.357 e. The number of pyridine rings is 1. The van der Waals surface area contributed by atoms with E-state index in [0.717, 1.165) is 25.7 Å². The van der Waals surface area contributed by atoms with Gasteiger partial charge in [-0.05, 0) is 39.3 Å². The molecule has 5 heteroatoms. The lowest BCUT2D eigenvalue weighted by molar-refractivity contribution is 0.00628. The summed E-state index contributed by atoms with van der Waals surface area (Å²) >= 11 is 0. The Morgan fingerprint density at radius 2 is 1.86 bits per heavy atom. The summed E-state index contributed by atoms with van der Waals surface area (Å²) in [4.78, 5) is 27.8. The van der Waals surface area contributed by atoms with E-state index in [9.17, 15) is 9.59 Å². The highest BCUT2D eigenvalue weighted by atomic mass is 16.6. The highest BCUT2D eigenvalue weighted by molar-refractivity contribution is 5.94. The molecule has 5 nitrogen and oxygen atoms in total. The number of carbonyl (C=O) groups is 2. The second-order valence-electron chi connectivity index (χ2n) is 6.13. The highest BCUT2D eigenvalue weighted by Gasteiger charge is 2.20. The van der Waals surface area contributed by atoms with Crippen LogP contribution >= 0.6 is 0 Å². The molecule has 0 aliphatic carbocycles. The molecule has 0 unspecified atom stereocenters. The average molecular weight is 307 g/mol. The predicted octanol–water partition coefficient (Wildman–Crippen LogP) is 3.77. The van der Waals surface area contributed by atoms with E-state index in [2.05, 4.69) is 11.9 Å². The van der Waals surface area contributed by atoms with Crippen LogP contribution in [0, 0.1) is 0 Å². The Labute approximate surface area is 132 Å². The van der Waals surface area contributed by atoms with Crippen molar-refractivity contribution in [2.75, 3.05) is 6.61 Å². The molecule has 0 bridgehead atoms. The molecule has 0 radical (unpaired) electrons. The molecular weight excluding hydrogens is 282 g/mol. The topological polar surface area (TPSA) is 65.5 Å². The zero-order valence-corrected chi connectivity index (χ0v) is 13.8. The van der Waals surface area contributed by atoms with E-state index in [4.69, 9.17) is 9.47 Å². The minimum atomic E-state index is -0.603. The summed E-state index contributed by atoms with van der Waals surface area (Å²) < 4.78 is 10.4. The highest BCUT2D eigenvalue weighted by Crippen LogP contribution is 2.12. The van der Waals surface area contributed by atoms with Crippen LogP contribution in [-0.4, -0.2) is 29.1 Å². The van der Waals surface area contributed by atoms with Crippen molar-refractivity contribution in [1.29, 1.82) is 0 Å². The number of hydrogen-bond acceptors (Lipinski definition) is 5. The first-order valence-electron chi connectivity index (χ1n) is 7.70. The second kappa shape index (κ2) is 8.51. The van der Waals surface area contributed by atoms with Crippen LogP contribution in [-0.2, 0) is 9.47 Å². The van der Waals surface area contributed by atoms with Gasteiger partial charge in [-0.1, -0.05) is 26.2 Å². The van der Waals surface area contributed by atoms with Gasteiger partial charge in [0.25, 0.3) is 0 Å². The van der Waals surface area contributed by atoms with Crippen LogP contribution < -0.4 is 0 Å². The molecule has 0 amide bonds. The van der Waals surface area contributed by atoms with Gasteiger partial charge in [-0.15, -0.1) is 0 Å². The van der Waals surface area contributed by atoms with Crippen LogP contribution in [0.3, 0.4) is 0 Å². The Morgan fingerprint density at radius 3 is 2.50 bits per heavy atom. The molecule has 1 aromatic heterocycles. The molecule has 0 aromatic carbocycles. The third kappa shape index (κ3) is 6.70. The molecule has 0 fully saturated rings. The van der Waals surface area contributed by atoms with E-state index in [1.165, 1.54) is 18.3 Å². The zero-order chi connectivity index (χ0) is 16.6. The van der Waals surface area contributed by atoms with Crippen molar-refractivity contribution in [2.45, 2.75) is 59.0 Å². The van der Waals surface area contributed by atoms with E-state index in [0.29, 0.717) is 12.2 Å². The Bertz CT molecular complexity index is 506. The standard InChI is InChI=1S/C17H25NO4/c1-5-6-7-8-11-21-15(19)13-9-10-18-14(12-13)16(20)22-17(2,3)4/h9-10,12H,5-8,11H2,1-4H3. The largest absolute Gasteiger partial charge is 0.462 e. The lowest BCUT2D eigenvalue weighted by atomic mass is 10.2. The summed E-state index contributed by atoms with van der Waals surface area (Å²) in [6.07, 6.45) is 5.58. The van der Waals surface area contributed by atoms with Crippen LogP contribution in [0.5, 0.6) is 0 Å². The molecule has 22 heavy (non-hydrogen) atoms. The summed E-state index contributed by atoms with van der Waals surface area (Å²) in [6, 6.07) is 2.94. The van der Waals surface area contributed by atoms with Gasteiger partial charge in [0.1, 0.15) is 11.3 Å². The van der Waals surface area contributed by atoms with Crippen molar-refractivity contribution < 1.29 is 19.1 Å². The maximum absolute atomic E-state index is 11.9. The molecule has 122 valence electrons. The van der Waals surface area contributed by atoms with Crippen molar-refractivity contribution in [3.05, 3.63) is 29.6 Å². The Hall–Kier alpha value is -1.91. The van der Waals surface area contributed by atoms with Gasteiger partial charge in [-0.2, -0.15) is 0 Å². The Balaban J connectivity index is 2.59. The molecule has 0 saturated carbocycles. The van der Waals surface area contributed by atoms with Crippen LogP contribution in [0.15, 0.2) is 18.3 Å². The molecular formula is C17H25NO4. The van der Waals surface area contributed by atoms with Crippen LogP contribution in [0.2, 0.25) is 0 Å². The van der Waals surface area contributed by atoms with Gasteiger partial charge in [0, 0.05) is 6.20 Å². The van der Waals surface area contributed by atoms with Crippen LogP contribution in [0.1, 0.15) is 74.2 Å². The van der Waals surface area contributed by atoms with E-state index < -0.39 is 17.5 Å². The minimum absolute atomic E-state index is 0.107. The van der Waals surface area contributed by atoms with Crippen molar-refractivity contribution in [3.8, 4) is 0 Å². The molecule has 0 saturated heterocycles. The summed E-state index contributed by atoms with van der Waals surface area (Å²) in [6.45, 7) is 7.85. The van der Waals surface area contributed by atoms with Gasteiger partial charge < -0.3 is 9.47 Å². The molecule has 0 spiro atoms. The normalized spacial score (nSPS) is 11.1.